The number of rotatable bonds is 10. The lowest BCUT2D eigenvalue weighted by atomic mass is 9.89. The number of alkyl carbamates (subject to hydrolysis) is 1. The first-order valence-corrected chi connectivity index (χ1v) is 10.9. The van der Waals surface area contributed by atoms with E-state index >= 15 is 0 Å². The van der Waals surface area contributed by atoms with Crippen LogP contribution in [-0.2, 0) is 19.1 Å². The van der Waals surface area contributed by atoms with Crippen molar-refractivity contribution in [1.29, 1.82) is 0 Å². The summed E-state index contributed by atoms with van der Waals surface area (Å²) in [5.41, 5.74) is 0.746. The lowest BCUT2D eigenvalue weighted by molar-refractivity contribution is -0.174. The highest BCUT2D eigenvalue weighted by Crippen LogP contribution is 2.26. The number of halogens is 1. The van der Waals surface area contributed by atoms with Gasteiger partial charge in [-0.2, -0.15) is 0 Å². The quantitative estimate of drug-likeness (QED) is 0.398. The van der Waals surface area contributed by atoms with Crippen LogP contribution in [0.25, 0.3) is 0 Å². The van der Waals surface area contributed by atoms with Crippen molar-refractivity contribution in [3.63, 3.8) is 0 Å². The van der Waals surface area contributed by atoms with Crippen LogP contribution >= 0.6 is 11.6 Å². The third-order valence-corrected chi connectivity index (χ3v) is 5.46. The molecule has 2 N–H and O–H groups in total. The van der Waals surface area contributed by atoms with E-state index < -0.39 is 24.3 Å². The summed E-state index contributed by atoms with van der Waals surface area (Å²) >= 11 is 5.89. The van der Waals surface area contributed by atoms with Crippen LogP contribution in [0.4, 0.5) is 4.79 Å². The van der Waals surface area contributed by atoms with Crippen LogP contribution in [0.5, 0.6) is 0 Å². The van der Waals surface area contributed by atoms with Crippen molar-refractivity contribution in [2.75, 3.05) is 6.54 Å². The van der Waals surface area contributed by atoms with E-state index in [2.05, 4.69) is 5.32 Å². The van der Waals surface area contributed by atoms with Gasteiger partial charge in [-0.05, 0) is 37.0 Å². The number of hydrogen-bond donors (Lipinski definition) is 2. The third-order valence-electron chi connectivity index (χ3n) is 5.20. The molecule has 2 rings (SSSR count). The summed E-state index contributed by atoms with van der Waals surface area (Å²) in [7, 11) is 0. The number of carbonyl (C=O) groups is 3. The molecular formula is C22H30ClNO6. The summed E-state index contributed by atoms with van der Waals surface area (Å²) in [6, 6.07) is 6.81. The molecule has 1 aromatic rings. The zero-order chi connectivity index (χ0) is 21.9. The molecule has 0 saturated heterocycles. The highest BCUT2D eigenvalue weighted by atomic mass is 35.5. The van der Waals surface area contributed by atoms with Gasteiger partial charge in [-0.3, -0.25) is 9.59 Å². The number of benzene rings is 1. The summed E-state index contributed by atoms with van der Waals surface area (Å²) in [6.45, 7) is 1.98. The molecule has 8 heteroatoms. The van der Waals surface area contributed by atoms with E-state index in [4.69, 9.17) is 21.1 Å². The maximum absolute atomic E-state index is 12.4. The monoisotopic (exact) mass is 439 g/mol. The molecule has 1 fully saturated rings. The Morgan fingerprint density at radius 3 is 2.40 bits per heavy atom. The molecule has 0 heterocycles. The Morgan fingerprint density at radius 2 is 1.80 bits per heavy atom. The van der Waals surface area contributed by atoms with E-state index in [1.54, 1.807) is 24.3 Å². The highest BCUT2D eigenvalue weighted by molar-refractivity contribution is 6.30. The Labute approximate surface area is 182 Å². The van der Waals surface area contributed by atoms with Gasteiger partial charge < -0.3 is 19.9 Å². The largest absolute Gasteiger partial charge is 0.481 e. The van der Waals surface area contributed by atoms with Crippen LogP contribution in [0.3, 0.4) is 0 Å². The second-order valence-electron chi connectivity index (χ2n) is 7.62. The molecular weight excluding hydrogens is 410 g/mol. The number of esters is 1. The molecule has 30 heavy (non-hydrogen) atoms. The molecule has 0 spiro atoms. The first-order chi connectivity index (χ1) is 14.4. The molecule has 1 amide bonds. The minimum absolute atomic E-state index is 0.0716. The van der Waals surface area contributed by atoms with Gasteiger partial charge in [0.15, 0.2) is 0 Å². The van der Waals surface area contributed by atoms with Gasteiger partial charge in [0.1, 0.15) is 0 Å². The standard InChI is InChI=1S/C22H30ClNO6/c1-2-6-20(29-21(27)16-7-4-3-5-8-16)30-22(28)24-14-17(13-19(25)26)15-9-11-18(23)12-10-15/h9-12,16-17,20H,2-8,13-14H2,1H3,(H,24,28)(H,25,26)/t17-,20?/m0/s1. The fourth-order valence-corrected chi connectivity index (χ4v) is 3.69. The Morgan fingerprint density at radius 1 is 1.13 bits per heavy atom. The van der Waals surface area contributed by atoms with E-state index in [0.717, 1.165) is 37.7 Å². The van der Waals surface area contributed by atoms with E-state index in [0.29, 0.717) is 17.9 Å². The molecule has 0 bridgehead atoms. The maximum Gasteiger partial charge on any atom is 0.410 e. The molecule has 1 aliphatic carbocycles. The van der Waals surface area contributed by atoms with E-state index in [9.17, 15) is 19.5 Å². The number of carboxylic acid groups (broad SMARTS) is 1. The Kier molecular flexibility index (Phi) is 9.94. The SMILES string of the molecule is CCCC(OC(=O)NC[C@H](CC(=O)O)c1ccc(Cl)cc1)OC(=O)C1CCCCC1. The van der Waals surface area contributed by atoms with Crippen molar-refractivity contribution >= 4 is 29.6 Å². The summed E-state index contributed by atoms with van der Waals surface area (Å²) in [5.74, 6) is -1.86. The van der Waals surface area contributed by atoms with Gasteiger partial charge in [-0.15, -0.1) is 0 Å². The first kappa shape index (κ1) is 24.0. The summed E-state index contributed by atoms with van der Waals surface area (Å²) in [6.07, 6.45) is 4.01. The van der Waals surface area contributed by atoms with E-state index in [1.165, 1.54) is 0 Å². The minimum Gasteiger partial charge on any atom is -0.481 e. The van der Waals surface area contributed by atoms with Crippen molar-refractivity contribution in [2.45, 2.75) is 70.5 Å². The normalized spacial score (nSPS) is 16.3. The second kappa shape index (κ2) is 12.4. The topological polar surface area (TPSA) is 102 Å². The van der Waals surface area contributed by atoms with Crippen LogP contribution in [0.2, 0.25) is 5.02 Å². The average molecular weight is 440 g/mol. The molecule has 1 aliphatic rings. The van der Waals surface area contributed by atoms with Gasteiger partial charge in [-0.25, -0.2) is 4.79 Å². The van der Waals surface area contributed by atoms with E-state index in [-0.39, 0.29) is 24.9 Å². The zero-order valence-electron chi connectivity index (χ0n) is 17.3. The molecule has 0 radical (unpaired) electrons. The van der Waals surface area contributed by atoms with Gasteiger partial charge in [0, 0.05) is 23.9 Å². The summed E-state index contributed by atoms with van der Waals surface area (Å²) in [5, 5.41) is 12.3. The average Bonchev–Trinajstić information content (AvgIpc) is 2.72. The number of aliphatic carboxylic acids is 1. The van der Waals surface area contributed by atoms with E-state index in [1.807, 2.05) is 6.92 Å². The smallest absolute Gasteiger partial charge is 0.410 e. The first-order valence-electron chi connectivity index (χ1n) is 10.5. The Bertz CT molecular complexity index is 702. The van der Waals surface area contributed by atoms with Gasteiger partial charge in [0.05, 0.1) is 12.3 Å². The predicted molar refractivity (Wildman–Crippen MR) is 112 cm³/mol. The van der Waals surface area contributed by atoms with Gasteiger partial charge in [0.25, 0.3) is 0 Å². The van der Waals surface area contributed by atoms with Crippen molar-refractivity contribution in [3.05, 3.63) is 34.9 Å². The fraction of sp³-hybridized carbons (Fsp3) is 0.591. The lowest BCUT2D eigenvalue weighted by Gasteiger charge is -2.24. The lowest BCUT2D eigenvalue weighted by Crippen LogP contribution is -2.35. The van der Waals surface area contributed by atoms with Gasteiger partial charge in [0.2, 0.25) is 6.29 Å². The number of ether oxygens (including phenoxy) is 2. The van der Waals surface area contributed by atoms with Crippen molar-refractivity contribution in [3.8, 4) is 0 Å². The zero-order valence-corrected chi connectivity index (χ0v) is 18.0. The third kappa shape index (κ3) is 8.22. The van der Waals surface area contributed by atoms with Gasteiger partial charge >= 0.3 is 18.0 Å². The highest BCUT2D eigenvalue weighted by Gasteiger charge is 2.27. The molecule has 1 saturated carbocycles. The molecule has 1 aromatic carbocycles. The Balaban J connectivity index is 1.89. The number of amides is 1. The van der Waals surface area contributed by atoms with Crippen LogP contribution in [0, 0.1) is 5.92 Å². The molecule has 1 unspecified atom stereocenters. The van der Waals surface area contributed by atoms with Crippen molar-refractivity contribution < 1.29 is 29.0 Å². The number of nitrogens with one attached hydrogen (secondary N) is 1. The number of carbonyl (C=O) groups excluding carboxylic acids is 2. The fourth-order valence-electron chi connectivity index (χ4n) is 3.56. The van der Waals surface area contributed by atoms with Crippen LogP contribution in [0.1, 0.15) is 69.8 Å². The molecule has 0 aromatic heterocycles. The maximum atomic E-state index is 12.4. The Hall–Kier alpha value is -2.28. The number of carboxylic acids is 1. The molecule has 2 atom stereocenters. The molecule has 166 valence electrons. The number of hydrogen-bond acceptors (Lipinski definition) is 5. The van der Waals surface area contributed by atoms with Crippen LogP contribution in [0.15, 0.2) is 24.3 Å². The minimum atomic E-state index is -0.976. The van der Waals surface area contributed by atoms with Crippen molar-refractivity contribution in [1.82, 2.24) is 5.32 Å². The van der Waals surface area contributed by atoms with Gasteiger partial charge in [-0.1, -0.05) is 49.9 Å². The van der Waals surface area contributed by atoms with Crippen LogP contribution in [-0.4, -0.2) is 36.0 Å². The molecule has 7 nitrogen and oxygen atoms in total. The summed E-state index contributed by atoms with van der Waals surface area (Å²) in [4.78, 5) is 35.8. The van der Waals surface area contributed by atoms with Crippen molar-refractivity contribution in [2.24, 2.45) is 5.92 Å². The van der Waals surface area contributed by atoms with Crippen LogP contribution < -0.4 is 5.32 Å². The predicted octanol–water partition coefficient (Wildman–Crippen LogP) is 4.87. The summed E-state index contributed by atoms with van der Waals surface area (Å²) < 4.78 is 10.7. The molecule has 0 aliphatic heterocycles. The second-order valence-corrected chi connectivity index (χ2v) is 8.06.